The molecule has 0 amide bonds. The van der Waals surface area contributed by atoms with E-state index in [4.69, 9.17) is 10.5 Å². The monoisotopic (exact) mass is 260 g/mol. The number of ether oxygens (including phenoxy) is 1. The van der Waals surface area contributed by atoms with Crippen LogP contribution in [0, 0.1) is 11.8 Å². The highest BCUT2D eigenvalue weighted by atomic mass is 16.5. The molecule has 4 nitrogen and oxygen atoms in total. The van der Waals surface area contributed by atoms with Crippen molar-refractivity contribution in [2.45, 2.75) is 25.5 Å². The van der Waals surface area contributed by atoms with Crippen LogP contribution in [0.2, 0.25) is 0 Å². The van der Waals surface area contributed by atoms with Crippen LogP contribution in [-0.2, 0) is 0 Å². The smallest absolute Gasteiger partial charge is 0.142 e. The predicted octanol–water partition coefficient (Wildman–Crippen LogP) is 0.965. The molecule has 1 unspecified atom stereocenters. The Bertz CT molecular complexity index is 523. The number of hydrogen-bond acceptors (Lipinski definition) is 4. The lowest BCUT2D eigenvalue weighted by molar-refractivity contribution is 0.143. The Balaban J connectivity index is 2.32. The van der Waals surface area contributed by atoms with Crippen LogP contribution in [0.3, 0.4) is 0 Å². The number of fused-ring (bicyclic) bond motifs is 1. The molecule has 2 rings (SSSR count). The van der Waals surface area contributed by atoms with Crippen LogP contribution >= 0.6 is 0 Å². The molecule has 0 bridgehead atoms. The van der Waals surface area contributed by atoms with Gasteiger partial charge >= 0.3 is 0 Å². The number of hydrogen-bond donors (Lipinski definition) is 2. The summed E-state index contributed by atoms with van der Waals surface area (Å²) in [4.78, 5) is 2.07. The fourth-order valence-corrected chi connectivity index (χ4v) is 1.94. The van der Waals surface area contributed by atoms with E-state index in [-0.39, 0.29) is 6.04 Å². The van der Waals surface area contributed by atoms with E-state index in [9.17, 15) is 5.11 Å². The Morgan fingerprint density at radius 1 is 1.47 bits per heavy atom. The van der Waals surface area contributed by atoms with Crippen LogP contribution in [0.15, 0.2) is 18.2 Å². The Hall–Kier alpha value is -1.70. The third kappa shape index (κ3) is 3.63. The van der Waals surface area contributed by atoms with Crippen molar-refractivity contribution in [2.75, 3.05) is 25.1 Å². The minimum atomic E-state index is -0.989. The average molecular weight is 260 g/mol. The first kappa shape index (κ1) is 13.7. The number of nitrogens with zero attached hydrogens (tertiary/aromatic N) is 1. The van der Waals surface area contributed by atoms with Gasteiger partial charge in [-0.05, 0) is 32.0 Å². The second-order valence-electron chi connectivity index (χ2n) is 5.44. The zero-order valence-corrected chi connectivity index (χ0v) is 11.6. The van der Waals surface area contributed by atoms with Crippen LogP contribution < -0.4 is 15.4 Å². The van der Waals surface area contributed by atoms with Crippen molar-refractivity contribution in [1.29, 1.82) is 0 Å². The van der Waals surface area contributed by atoms with Gasteiger partial charge < -0.3 is 20.5 Å². The third-order valence-corrected chi connectivity index (χ3v) is 2.84. The lowest BCUT2D eigenvalue weighted by atomic mass is 10.1. The Kier molecular flexibility index (Phi) is 3.70. The molecule has 0 saturated heterocycles. The summed E-state index contributed by atoms with van der Waals surface area (Å²) >= 11 is 0. The molecule has 1 atom stereocenters. The van der Waals surface area contributed by atoms with Crippen molar-refractivity contribution in [3.8, 4) is 17.6 Å². The highest BCUT2D eigenvalue weighted by Crippen LogP contribution is 2.30. The van der Waals surface area contributed by atoms with Gasteiger partial charge in [-0.2, -0.15) is 0 Å². The average Bonchev–Trinajstić information content (AvgIpc) is 2.46. The minimum absolute atomic E-state index is 0.00306. The van der Waals surface area contributed by atoms with Crippen molar-refractivity contribution < 1.29 is 9.84 Å². The SMILES string of the molecule is CN1CC(N)COc2ccc(C#CC(C)(C)O)cc21. The molecular formula is C15H20N2O2. The molecule has 1 aliphatic rings. The molecule has 102 valence electrons. The van der Waals surface area contributed by atoms with E-state index in [1.54, 1.807) is 13.8 Å². The van der Waals surface area contributed by atoms with Crippen LogP contribution in [0.1, 0.15) is 19.4 Å². The molecule has 1 aromatic rings. The predicted molar refractivity (Wildman–Crippen MR) is 76.4 cm³/mol. The number of aliphatic hydroxyl groups is 1. The highest BCUT2D eigenvalue weighted by Gasteiger charge is 2.18. The van der Waals surface area contributed by atoms with Crippen molar-refractivity contribution in [3.63, 3.8) is 0 Å². The number of benzene rings is 1. The minimum Gasteiger partial charge on any atom is -0.490 e. The van der Waals surface area contributed by atoms with Gasteiger partial charge in [0.1, 0.15) is 18.0 Å². The van der Waals surface area contributed by atoms with Gasteiger partial charge in [-0.15, -0.1) is 0 Å². The van der Waals surface area contributed by atoms with Crippen molar-refractivity contribution in [3.05, 3.63) is 23.8 Å². The maximum Gasteiger partial charge on any atom is 0.142 e. The molecule has 19 heavy (non-hydrogen) atoms. The number of nitrogens with two attached hydrogens (primary N) is 1. The van der Waals surface area contributed by atoms with Crippen molar-refractivity contribution >= 4 is 5.69 Å². The zero-order valence-electron chi connectivity index (χ0n) is 11.6. The molecule has 0 aromatic heterocycles. The van der Waals surface area contributed by atoms with Gasteiger partial charge in [0.2, 0.25) is 0 Å². The largest absolute Gasteiger partial charge is 0.490 e. The highest BCUT2D eigenvalue weighted by molar-refractivity contribution is 5.62. The number of anilines is 1. The van der Waals surface area contributed by atoms with Gasteiger partial charge in [0.15, 0.2) is 0 Å². The summed E-state index contributed by atoms with van der Waals surface area (Å²) in [7, 11) is 1.99. The first-order valence-corrected chi connectivity index (χ1v) is 6.34. The molecular weight excluding hydrogens is 240 g/mol. The fourth-order valence-electron chi connectivity index (χ4n) is 1.94. The van der Waals surface area contributed by atoms with Gasteiger partial charge in [0.05, 0.1) is 11.7 Å². The van der Waals surface area contributed by atoms with Gasteiger partial charge in [0, 0.05) is 19.2 Å². The van der Waals surface area contributed by atoms with E-state index in [0.29, 0.717) is 6.61 Å². The first-order chi connectivity index (χ1) is 8.85. The van der Waals surface area contributed by atoms with E-state index >= 15 is 0 Å². The Morgan fingerprint density at radius 2 is 2.21 bits per heavy atom. The van der Waals surface area contributed by atoms with Crippen molar-refractivity contribution in [2.24, 2.45) is 5.73 Å². The number of likely N-dealkylation sites (N-methyl/N-ethyl adjacent to an activating group) is 1. The fraction of sp³-hybridized carbons (Fsp3) is 0.467. The van der Waals surface area contributed by atoms with Crippen LogP contribution in [0.4, 0.5) is 5.69 Å². The molecule has 0 saturated carbocycles. The van der Waals surface area contributed by atoms with Crippen LogP contribution in [0.25, 0.3) is 0 Å². The van der Waals surface area contributed by atoms with E-state index in [1.807, 2.05) is 25.2 Å². The van der Waals surface area contributed by atoms with Crippen molar-refractivity contribution in [1.82, 2.24) is 0 Å². The summed E-state index contributed by atoms with van der Waals surface area (Å²) in [6.07, 6.45) is 0. The van der Waals surface area contributed by atoms with Crippen LogP contribution in [-0.4, -0.2) is 36.9 Å². The van der Waals surface area contributed by atoms with E-state index in [0.717, 1.165) is 23.5 Å². The summed E-state index contributed by atoms with van der Waals surface area (Å²) < 4.78 is 5.67. The zero-order chi connectivity index (χ0) is 14.0. The van der Waals surface area contributed by atoms with E-state index in [1.165, 1.54) is 0 Å². The molecule has 1 heterocycles. The first-order valence-electron chi connectivity index (χ1n) is 6.34. The second-order valence-corrected chi connectivity index (χ2v) is 5.44. The Labute approximate surface area is 114 Å². The standard InChI is InChI=1S/C15H20N2O2/c1-15(2,18)7-6-11-4-5-14-13(8-11)17(3)9-12(16)10-19-14/h4-5,8,12,18H,9-10,16H2,1-3H3. The summed E-state index contributed by atoms with van der Waals surface area (Å²) in [5.74, 6) is 6.60. The molecule has 1 aromatic carbocycles. The Morgan fingerprint density at radius 3 is 2.89 bits per heavy atom. The number of rotatable bonds is 0. The molecule has 0 spiro atoms. The normalized spacial score (nSPS) is 18.8. The summed E-state index contributed by atoms with van der Waals surface area (Å²) in [6.45, 7) is 4.59. The lowest BCUT2D eigenvalue weighted by Gasteiger charge is -2.19. The molecule has 0 fully saturated rings. The third-order valence-electron chi connectivity index (χ3n) is 2.84. The molecule has 4 heteroatoms. The molecule has 1 aliphatic heterocycles. The van der Waals surface area contributed by atoms with Gasteiger partial charge in [-0.25, -0.2) is 0 Å². The molecule has 0 aliphatic carbocycles. The topological polar surface area (TPSA) is 58.7 Å². The summed E-state index contributed by atoms with van der Waals surface area (Å²) in [5.41, 5.74) is 6.78. The molecule has 0 radical (unpaired) electrons. The van der Waals surface area contributed by atoms with Gasteiger partial charge in [0.25, 0.3) is 0 Å². The lowest BCUT2D eigenvalue weighted by Crippen LogP contribution is -2.37. The quantitative estimate of drug-likeness (QED) is 0.682. The maximum atomic E-state index is 9.62. The summed E-state index contributed by atoms with van der Waals surface area (Å²) in [6, 6.07) is 5.76. The second kappa shape index (κ2) is 5.12. The van der Waals surface area contributed by atoms with E-state index < -0.39 is 5.60 Å². The molecule has 3 N–H and O–H groups in total. The van der Waals surface area contributed by atoms with Crippen LogP contribution in [0.5, 0.6) is 5.75 Å². The van der Waals surface area contributed by atoms with E-state index in [2.05, 4.69) is 16.7 Å². The maximum absolute atomic E-state index is 9.62. The van der Waals surface area contributed by atoms with Gasteiger partial charge in [-0.1, -0.05) is 11.8 Å². The van der Waals surface area contributed by atoms with Gasteiger partial charge in [-0.3, -0.25) is 0 Å². The summed E-state index contributed by atoms with van der Waals surface area (Å²) in [5, 5.41) is 9.62.